The summed E-state index contributed by atoms with van der Waals surface area (Å²) in [6, 6.07) is 11.1. The minimum atomic E-state index is -0.687. The Morgan fingerprint density at radius 1 is 1.28 bits per heavy atom. The number of hydrogen-bond acceptors (Lipinski definition) is 5. The third-order valence-electron chi connectivity index (χ3n) is 3.55. The van der Waals surface area contributed by atoms with E-state index in [1.807, 2.05) is 31.2 Å². The molecule has 2 aromatic rings. The number of carbonyl (C=O) groups excluding carboxylic acids is 1. The fraction of sp³-hybridized carbons (Fsp3) is 0.222. The van der Waals surface area contributed by atoms with Gasteiger partial charge in [-0.1, -0.05) is 6.07 Å². The molecule has 0 aliphatic carbocycles. The van der Waals surface area contributed by atoms with Crippen LogP contribution in [-0.4, -0.2) is 25.0 Å². The molecular weight excluding hydrogens is 388 g/mol. The van der Waals surface area contributed by atoms with Gasteiger partial charge in [-0.25, -0.2) is 5.43 Å². The fourth-order valence-corrected chi connectivity index (χ4v) is 2.79. The van der Waals surface area contributed by atoms with Crippen molar-refractivity contribution in [1.29, 1.82) is 0 Å². The van der Waals surface area contributed by atoms with Crippen molar-refractivity contribution in [3.8, 4) is 17.2 Å². The first-order valence-electron chi connectivity index (χ1n) is 7.68. The Morgan fingerprint density at radius 2 is 2.08 bits per heavy atom. The number of hydrogen-bond donors (Lipinski definition) is 1. The lowest BCUT2D eigenvalue weighted by Gasteiger charge is -2.14. The molecule has 6 nitrogen and oxygen atoms in total. The average molecular weight is 405 g/mol. The molecule has 0 aromatic heterocycles. The zero-order chi connectivity index (χ0) is 17.8. The highest BCUT2D eigenvalue weighted by Crippen LogP contribution is 2.32. The second-order valence-corrected chi connectivity index (χ2v) is 6.40. The smallest absolute Gasteiger partial charge is 0.280 e. The van der Waals surface area contributed by atoms with E-state index in [9.17, 15) is 4.79 Å². The molecule has 0 bridgehead atoms. The number of ether oxygens (including phenoxy) is 3. The summed E-state index contributed by atoms with van der Waals surface area (Å²) in [5.41, 5.74) is 4.36. The third kappa shape index (κ3) is 4.30. The summed E-state index contributed by atoms with van der Waals surface area (Å²) < 4.78 is 17.0. The molecule has 1 aliphatic heterocycles. The summed E-state index contributed by atoms with van der Waals surface area (Å²) in [5.74, 6) is 1.63. The van der Waals surface area contributed by atoms with Gasteiger partial charge < -0.3 is 14.2 Å². The highest BCUT2D eigenvalue weighted by Gasteiger charge is 2.16. The molecule has 0 spiro atoms. The van der Waals surface area contributed by atoms with Crippen molar-refractivity contribution in [2.45, 2.75) is 20.0 Å². The maximum Gasteiger partial charge on any atom is 0.280 e. The van der Waals surface area contributed by atoms with Gasteiger partial charge in [0.25, 0.3) is 5.91 Å². The van der Waals surface area contributed by atoms with Gasteiger partial charge in [-0.2, -0.15) is 5.10 Å². The molecule has 7 heteroatoms. The molecule has 0 unspecified atom stereocenters. The Morgan fingerprint density at radius 3 is 2.88 bits per heavy atom. The van der Waals surface area contributed by atoms with E-state index in [1.54, 1.807) is 19.1 Å². The third-order valence-corrected chi connectivity index (χ3v) is 4.17. The van der Waals surface area contributed by atoms with E-state index >= 15 is 0 Å². The van der Waals surface area contributed by atoms with Crippen molar-refractivity contribution in [2.24, 2.45) is 5.10 Å². The van der Waals surface area contributed by atoms with Crippen LogP contribution in [-0.2, 0) is 4.79 Å². The molecule has 1 amide bonds. The van der Waals surface area contributed by atoms with Gasteiger partial charge in [-0.05, 0) is 71.2 Å². The van der Waals surface area contributed by atoms with Crippen LogP contribution in [0.3, 0.4) is 0 Å². The van der Waals surface area contributed by atoms with Crippen molar-refractivity contribution in [3.05, 3.63) is 52.0 Å². The molecule has 1 heterocycles. The first-order valence-corrected chi connectivity index (χ1v) is 8.47. The van der Waals surface area contributed by atoms with Gasteiger partial charge in [-0.15, -0.1) is 0 Å². The molecule has 25 heavy (non-hydrogen) atoms. The van der Waals surface area contributed by atoms with Crippen LogP contribution in [0.5, 0.6) is 17.2 Å². The highest BCUT2D eigenvalue weighted by molar-refractivity contribution is 9.10. The quantitative estimate of drug-likeness (QED) is 0.612. The highest BCUT2D eigenvalue weighted by atomic mass is 79.9. The number of halogens is 1. The summed E-state index contributed by atoms with van der Waals surface area (Å²) in [6.07, 6.45) is 0.849. The van der Waals surface area contributed by atoms with Crippen LogP contribution in [0, 0.1) is 6.92 Å². The van der Waals surface area contributed by atoms with Crippen molar-refractivity contribution in [3.63, 3.8) is 0 Å². The van der Waals surface area contributed by atoms with Crippen LogP contribution < -0.4 is 19.6 Å². The largest absolute Gasteiger partial charge is 0.480 e. The predicted molar refractivity (Wildman–Crippen MR) is 97.3 cm³/mol. The Hall–Kier alpha value is -2.54. The molecule has 1 aliphatic rings. The van der Waals surface area contributed by atoms with E-state index in [4.69, 9.17) is 14.2 Å². The molecular formula is C18H17BrN2O4. The lowest BCUT2D eigenvalue weighted by molar-refractivity contribution is -0.127. The number of rotatable bonds is 5. The molecule has 2 aromatic carbocycles. The number of amides is 1. The predicted octanol–water partition coefficient (Wildman–Crippen LogP) is 3.40. The summed E-state index contributed by atoms with van der Waals surface area (Å²) in [7, 11) is 0. The summed E-state index contributed by atoms with van der Waals surface area (Å²) >= 11 is 3.42. The number of carbonyl (C=O) groups is 1. The molecule has 130 valence electrons. The van der Waals surface area contributed by atoms with Crippen molar-refractivity contribution in [2.75, 3.05) is 6.79 Å². The zero-order valence-corrected chi connectivity index (χ0v) is 15.4. The first kappa shape index (κ1) is 17.3. The Bertz CT molecular complexity index is 823. The number of benzene rings is 2. The van der Waals surface area contributed by atoms with Gasteiger partial charge in [0, 0.05) is 0 Å². The number of hydrazone groups is 1. The van der Waals surface area contributed by atoms with Gasteiger partial charge in [0.1, 0.15) is 5.75 Å². The van der Waals surface area contributed by atoms with Crippen LogP contribution in [0.1, 0.15) is 18.1 Å². The molecule has 0 radical (unpaired) electrons. The summed E-state index contributed by atoms with van der Waals surface area (Å²) in [6.45, 7) is 3.86. The SMILES string of the molecule is Cc1ccc(O[C@@H](C)C(=O)NN=Cc2ccc3c(c2)OCO3)c(Br)c1. The van der Waals surface area contributed by atoms with Crippen molar-refractivity contribution < 1.29 is 19.0 Å². The van der Waals surface area contributed by atoms with E-state index in [2.05, 4.69) is 26.5 Å². The second kappa shape index (κ2) is 7.57. The van der Waals surface area contributed by atoms with Crippen LogP contribution in [0.2, 0.25) is 0 Å². The van der Waals surface area contributed by atoms with Crippen LogP contribution >= 0.6 is 15.9 Å². The maximum atomic E-state index is 12.1. The van der Waals surface area contributed by atoms with E-state index in [-0.39, 0.29) is 12.7 Å². The molecule has 1 atom stereocenters. The van der Waals surface area contributed by atoms with Gasteiger partial charge in [0.2, 0.25) is 6.79 Å². The van der Waals surface area contributed by atoms with Crippen molar-refractivity contribution in [1.82, 2.24) is 5.43 Å². The van der Waals surface area contributed by atoms with Crippen molar-refractivity contribution >= 4 is 28.1 Å². The first-order chi connectivity index (χ1) is 12.0. The van der Waals surface area contributed by atoms with Gasteiger partial charge in [0.15, 0.2) is 17.6 Å². The van der Waals surface area contributed by atoms with Gasteiger partial charge in [-0.3, -0.25) is 4.79 Å². The Labute approximate surface area is 153 Å². The summed E-state index contributed by atoms with van der Waals surface area (Å²) in [4.78, 5) is 12.1. The lowest BCUT2D eigenvalue weighted by atomic mass is 10.2. The van der Waals surface area contributed by atoms with E-state index in [0.29, 0.717) is 17.2 Å². The minimum absolute atomic E-state index is 0.218. The van der Waals surface area contributed by atoms with Crippen LogP contribution in [0.25, 0.3) is 0 Å². The normalized spacial score (nSPS) is 13.7. The van der Waals surface area contributed by atoms with E-state index in [0.717, 1.165) is 15.6 Å². The van der Waals surface area contributed by atoms with Gasteiger partial charge >= 0.3 is 0 Å². The van der Waals surface area contributed by atoms with Gasteiger partial charge in [0.05, 0.1) is 10.7 Å². The monoisotopic (exact) mass is 404 g/mol. The van der Waals surface area contributed by atoms with E-state index in [1.165, 1.54) is 6.21 Å². The van der Waals surface area contributed by atoms with E-state index < -0.39 is 6.10 Å². The lowest BCUT2D eigenvalue weighted by Crippen LogP contribution is -2.33. The molecule has 0 saturated carbocycles. The zero-order valence-electron chi connectivity index (χ0n) is 13.8. The number of fused-ring (bicyclic) bond motifs is 1. The fourth-order valence-electron chi connectivity index (χ4n) is 2.20. The Balaban J connectivity index is 1.56. The number of aryl methyl sites for hydroxylation is 1. The standard InChI is InChI=1S/C18H17BrN2O4/c1-11-3-5-15(14(19)7-11)25-12(2)18(22)21-20-9-13-4-6-16-17(8-13)24-10-23-16/h3-9,12H,10H2,1-2H3,(H,21,22)/t12-/m0/s1. The van der Waals surface area contributed by atoms with Crippen LogP contribution in [0.15, 0.2) is 46.0 Å². The Kier molecular flexibility index (Phi) is 5.23. The maximum absolute atomic E-state index is 12.1. The summed E-state index contributed by atoms with van der Waals surface area (Å²) in [5, 5.41) is 3.95. The molecule has 1 N–H and O–H groups in total. The topological polar surface area (TPSA) is 69.2 Å². The molecule has 3 rings (SSSR count). The molecule has 0 fully saturated rings. The molecule has 0 saturated heterocycles. The number of nitrogens with zero attached hydrogens (tertiary/aromatic N) is 1. The van der Waals surface area contributed by atoms with Crippen LogP contribution in [0.4, 0.5) is 0 Å². The number of nitrogens with one attached hydrogen (secondary N) is 1. The minimum Gasteiger partial charge on any atom is -0.480 e. The average Bonchev–Trinajstić information content (AvgIpc) is 3.05. The second-order valence-electron chi connectivity index (χ2n) is 5.54.